The van der Waals surface area contributed by atoms with Gasteiger partial charge in [0.2, 0.25) is 5.91 Å². The van der Waals surface area contributed by atoms with Crippen LogP contribution in [0.5, 0.6) is 5.75 Å². The number of carbonyl (C=O) groups is 1. The summed E-state index contributed by atoms with van der Waals surface area (Å²) in [5.74, 6) is -0.373. The maximum atomic E-state index is 13.5. The first kappa shape index (κ1) is 21.5. The van der Waals surface area contributed by atoms with Crippen LogP contribution in [0.15, 0.2) is 30.3 Å². The van der Waals surface area contributed by atoms with E-state index in [0.29, 0.717) is 29.7 Å². The van der Waals surface area contributed by atoms with E-state index >= 15 is 0 Å². The van der Waals surface area contributed by atoms with Gasteiger partial charge in [0.1, 0.15) is 12.4 Å². The Balaban J connectivity index is 2.37. The SMILES string of the molecule is CCC(=O)Nc1cccc(I)c1COc1cc(C)c(CC)cc1C(F)(F)F. The summed E-state index contributed by atoms with van der Waals surface area (Å²) >= 11 is 2.08. The molecule has 2 aromatic rings. The second kappa shape index (κ2) is 8.95. The van der Waals surface area contributed by atoms with Crippen molar-refractivity contribution in [1.82, 2.24) is 0 Å². The number of carbonyl (C=O) groups excluding carboxylic acids is 1. The smallest absolute Gasteiger partial charge is 0.419 e. The number of nitrogens with one attached hydrogen (secondary N) is 1. The molecule has 0 fully saturated rings. The highest BCUT2D eigenvalue weighted by Crippen LogP contribution is 2.39. The lowest BCUT2D eigenvalue weighted by atomic mass is 10.0. The third kappa shape index (κ3) is 5.37. The average Bonchev–Trinajstić information content (AvgIpc) is 2.60. The number of anilines is 1. The van der Waals surface area contributed by atoms with Crippen molar-refractivity contribution in [2.45, 2.75) is 46.4 Å². The highest BCUT2D eigenvalue weighted by Gasteiger charge is 2.35. The Hall–Kier alpha value is -1.77. The first-order chi connectivity index (χ1) is 12.7. The third-order valence-electron chi connectivity index (χ3n) is 4.21. The summed E-state index contributed by atoms with van der Waals surface area (Å²) in [7, 11) is 0. The molecule has 27 heavy (non-hydrogen) atoms. The second-order valence-electron chi connectivity index (χ2n) is 6.08. The molecule has 7 heteroatoms. The topological polar surface area (TPSA) is 38.3 Å². The molecule has 2 rings (SSSR count). The van der Waals surface area contributed by atoms with Gasteiger partial charge < -0.3 is 10.1 Å². The van der Waals surface area contributed by atoms with Gasteiger partial charge in [-0.05, 0) is 71.3 Å². The van der Waals surface area contributed by atoms with Gasteiger partial charge in [-0.2, -0.15) is 13.2 Å². The fraction of sp³-hybridized carbons (Fsp3) is 0.350. The summed E-state index contributed by atoms with van der Waals surface area (Å²) in [5, 5.41) is 2.77. The molecule has 0 aromatic heterocycles. The van der Waals surface area contributed by atoms with Crippen LogP contribution < -0.4 is 10.1 Å². The van der Waals surface area contributed by atoms with E-state index < -0.39 is 11.7 Å². The molecule has 0 aliphatic carbocycles. The number of amides is 1. The molecule has 0 bridgehead atoms. The molecule has 3 nitrogen and oxygen atoms in total. The summed E-state index contributed by atoms with van der Waals surface area (Å²) in [6.07, 6.45) is -3.68. The number of rotatable bonds is 6. The van der Waals surface area contributed by atoms with Crippen molar-refractivity contribution in [3.05, 3.63) is 56.2 Å². The number of halogens is 4. The van der Waals surface area contributed by atoms with Crippen molar-refractivity contribution in [2.24, 2.45) is 0 Å². The first-order valence-corrected chi connectivity index (χ1v) is 9.66. The molecule has 0 aliphatic heterocycles. The molecule has 2 aromatic carbocycles. The van der Waals surface area contributed by atoms with Gasteiger partial charge in [0, 0.05) is 21.2 Å². The zero-order valence-electron chi connectivity index (χ0n) is 15.3. The number of ether oxygens (including phenoxy) is 1. The van der Waals surface area contributed by atoms with Gasteiger partial charge in [0.15, 0.2) is 0 Å². The maximum absolute atomic E-state index is 13.5. The Labute approximate surface area is 170 Å². The normalized spacial score (nSPS) is 11.4. The third-order valence-corrected chi connectivity index (χ3v) is 5.22. The zero-order chi connectivity index (χ0) is 20.2. The number of hydrogen-bond acceptors (Lipinski definition) is 2. The minimum absolute atomic E-state index is 0.0770. The van der Waals surface area contributed by atoms with Crippen molar-refractivity contribution in [3.8, 4) is 5.75 Å². The summed E-state index contributed by atoms with van der Waals surface area (Å²) in [5.41, 5.74) is 1.80. The van der Waals surface area contributed by atoms with Crippen molar-refractivity contribution in [3.63, 3.8) is 0 Å². The Morgan fingerprint density at radius 2 is 1.93 bits per heavy atom. The van der Waals surface area contributed by atoms with E-state index in [0.717, 1.165) is 15.2 Å². The lowest BCUT2D eigenvalue weighted by molar-refractivity contribution is -0.139. The Bertz CT molecular complexity index is 835. The van der Waals surface area contributed by atoms with Crippen LogP contribution in [-0.2, 0) is 24.0 Å². The molecule has 0 atom stereocenters. The molecule has 0 spiro atoms. The van der Waals surface area contributed by atoms with Crippen LogP contribution in [0.4, 0.5) is 18.9 Å². The van der Waals surface area contributed by atoms with E-state index in [1.165, 1.54) is 6.07 Å². The molecule has 146 valence electrons. The minimum atomic E-state index is -4.50. The van der Waals surface area contributed by atoms with Crippen molar-refractivity contribution in [1.29, 1.82) is 0 Å². The van der Waals surface area contributed by atoms with Crippen LogP contribution in [0.2, 0.25) is 0 Å². The van der Waals surface area contributed by atoms with Crippen LogP contribution >= 0.6 is 22.6 Å². The standard InChI is InChI=1S/C20H21F3INO2/c1-4-13-10-15(20(21,22)23)18(9-12(13)3)27-11-14-16(24)7-6-8-17(14)25-19(26)5-2/h6-10H,4-5,11H2,1-3H3,(H,25,26). The van der Waals surface area contributed by atoms with E-state index in [9.17, 15) is 18.0 Å². The van der Waals surface area contributed by atoms with Gasteiger partial charge in [-0.15, -0.1) is 0 Å². The highest BCUT2D eigenvalue weighted by molar-refractivity contribution is 14.1. The average molecular weight is 491 g/mol. The van der Waals surface area contributed by atoms with Gasteiger partial charge in [-0.3, -0.25) is 4.79 Å². The van der Waals surface area contributed by atoms with Gasteiger partial charge in [-0.1, -0.05) is 19.9 Å². The second-order valence-corrected chi connectivity index (χ2v) is 7.24. The van der Waals surface area contributed by atoms with Gasteiger partial charge in [0.25, 0.3) is 0 Å². The fourth-order valence-electron chi connectivity index (χ4n) is 2.66. The van der Waals surface area contributed by atoms with Crippen LogP contribution in [0.1, 0.15) is 42.5 Å². The lowest BCUT2D eigenvalue weighted by Gasteiger charge is -2.18. The summed E-state index contributed by atoms with van der Waals surface area (Å²) in [6.45, 7) is 5.24. The minimum Gasteiger partial charge on any atom is -0.488 e. The largest absolute Gasteiger partial charge is 0.488 e. The molecule has 1 N–H and O–H groups in total. The predicted molar refractivity (Wildman–Crippen MR) is 108 cm³/mol. The van der Waals surface area contributed by atoms with Crippen molar-refractivity contribution in [2.75, 3.05) is 5.32 Å². The summed E-state index contributed by atoms with van der Waals surface area (Å²) in [6, 6.07) is 7.89. The Morgan fingerprint density at radius 1 is 1.22 bits per heavy atom. The number of alkyl halides is 3. The van der Waals surface area contributed by atoms with E-state index in [1.807, 2.05) is 13.0 Å². The number of hydrogen-bond donors (Lipinski definition) is 1. The molecule has 0 saturated carbocycles. The molecule has 0 aliphatic rings. The predicted octanol–water partition coefficient (Wildman–Crippen LogP) is 6.11. The van der Waals surface area contributed by atoms with E-state index in [4.69, 9.17) is 4.74 Å². The monoisotopic (exact) mass is 491 g/mol. The molecule has 0 saturated heterocycles. The molecule has 1 amide bonds. The summed E-state index contributed by atoms with van der Waals surface area (Å²) in [4.78, 5) is 11.7. The molecule has 0 unspecified atom stereocenters. The van der Waals surface area contributed by atoms with E-state index in [1.54, 1.807) is 26.0 Å². The molecular formula is C20H21F3INO2. The molecule has 0 heterocycles. The van der Waals surface area contributed by atoms with E-state index in [2.05, 4.69) is 27.9 Å². The van der Waals surface area contributed by atoms with Gasteiger partial charge in [0.05, 0.1) is 5.56 Å². The van der Waals surface area contributed by atoms with Crippen LogP contribution in [0.3, 0.4) is 0 Å². The molecular weight excluding hydrogens is 470 g/mol. The van der Waals surface area contributed by atoms with Crippen LogP contribution in [0.25, 0.3) is 0 Å². The fourth-order valence-corrected chi connectivity index (χ4v) is 3.31. The van der Waals surface area contributed by atoms with Crippen molar-refractivity contribution < 1.29 is 22.7 Å². The maximum Gasteiger partial charge on any atom is 0.419 e. The van der Waals surface area contributed by atoms with Gasteiger partial charge in [-0.25, -0.2) is 0 Å². The lowest BCUT2D eigenvalue weighted by Crippen LogP contribution is -2.14. The van der Waals surface area contributed by atoms with Gasteiger partial charge >= 0.3 is 6.18 Å². The number of aryl methyl sites for hydroxylation is 2. The summed E-state index contributed by atoms with van der Waals surface area (Å²) < 4.78 is 46.8. The number of benzene rings is 2. The Morgan fingerprint density at radius 3 is 2.52 bits per heavy atom. The molecule has 0 radical (unpaired) electrons. The Kier molecular flexibility index (Phi) is 7.13. The van der Waals surface area contributed by atoms with Crippen molar-refractivity contribution >= 4 is 34.2 Å². The zero-order valence-corrected chi connectivity index (χ0v) is 17.5. The highest BCUT2D eigenvalue weighted by atomic mass is 127. The first-order valence-electron chi connectivity index (χ1n) is 8.58. The van der Waals surface area contributed by atoms with Crippen LogP contribution in [0, 0.1) is 10.5 Å². The van der Waals surface area contributed by atoms with Crippen LogP contribution in [-0.4, -0.2) is 5.91 Å². The van der Waals surface area contributed by atoms with E-state index in [-0.39, 0.29) is 18.3 Å². The quantitative estimate of drug-likeness (QED) is 0.496.